The van der Waals surface area contributed by atoms with E-state index in [4.69, 9.17) is 0 Å². The molecule has 1 saturated heterocycles. The van der Waals surface area contributed by atoms with Crippen molar-refractivity contribution in [1.82, 2.24) is 20.0 Å². The third kappa shape index (κ3) is 3.05. The zero-order valence-corrected chi connectivity index (χ0v) is 14.1. The van der Waals surface area contributed by atoms with Gasteiger partial charge in [-0.05, 0) is 62.6 Å². The zero-order chi connectivity index (χ0) is 16.5. The first kappa shape index (κ1) is 15.3. The molecule has 2 aromatic rings. The Hall–Kier alpha value is -2.24. The van der Waals surface area contributed by atoms with Gasteiger partial charge < -0.3 is 4.90 Å². The van der Waals surface area contributed by atoms with Crippen molar-refractivity contribution in [2.45, 2.75) is 45.6 Å². The molecule has 0 saturated carbocycles. The quantitative estimate of drug-likeness (QED) is 0.860. The molecule has 0 bridgehead atoms. The van der Waals surface area contributed by atoms with E-state index in [9.17, 15) is 4.79 Å². The maximum atomic E-state index is 11.9. The van der Waals surface area contributed by atoms with Crippen LogP contribution >= 0.6 is 0 Å². The third-order valence-corrected chi connectivity index (χ3v) is 5.18. The Bertz CT molecular complexity index is 792. The first-order chi connectivity index (χ1) is 11.7. The molecule has 0 radical (unpaired) electrons. The summed E-state index contributed by atoms with van der Waals surface area (Å²) in [6.07, 6.45) is 5.52. The number of hydrogen-bond acceptors (Lipinski definition) is 5. The molecule has 4 rings (SSSR count). The molecule has 6 nitrogen and oxygen atoms in total. The number of rotatable bonds is 3. The summed E-state index contributed by atoms with van der Waals surface area (Å²) in [7, 11) is 0. The van der Waals surface area contributed by atoms with E-state index in [0.29, 0.717) is 12.5 Å². The highest BCUT2D eigenvalue weighted by molar-refractivity contribution is 5.43. The molecule has 0 aromatic carbocycles. The fraction of sp³-hybridized carbons (Fsp3) is 0.556. The summed E-state index contributed by atoms with van der Waals surface area (Å²) < 4.78 is 1.62. The molecule has 1 aliphatic carbocycles. The molecule has 0 unspecified atom stereocenters. The third-order valence-electron chi connectivity index (χ3n) is 5.18. The van der Waals surface area contributed by atoms with Gasteiger partial charge in [0.05, 0.1) is 11.4 Å². The van der Waals surface area contributed by atoms with Crippen LogP contribution in [0.25, 0.3) is 0 Å². The van der Waals surface area contributed by atoms with Crippen LogP contribution in [0.3, 0.4) is 0 Å². The van der Waals surface area contributed by atoms with Gasteiger partial charge in [-0.25, -0.2) is 4.68 Å². The average molecular weight is 325 g/mol. The molecule has 2 aromatic heterocycles. The molecule has 1 fully saturated rings. The molecular weight excluding hydrogens is 302 g/mol. The van der Waals surface area contributed by atoms with E-state index < -0.39 is 0 Å². The average Bonchev–Trinajstić information content (AvgIpc) is 3.06. The van der Waals surface area contributed by atoms with Crippen LogP contribution in [0.2, 0.25) is 0 Å². The van der Waals surface area contributed by atoms with Crippen LogP contribution in [0, 0.1) is 12.8 Å². The lowest BCUT2D eigenvalue weighted by Crippen LogP contribution is -2.37. The number of nitrogens with zero attached hydrogens (tertiary/aromatic N) is 5. The van der Waals surface area contributed by atoms with Crippen LogP contribution in [0.4, 0.5) is 5.82 Å². The Balaban J connectivity index is 1.40. The SMILES string of the molecule is Cc1ccc(=O)n(CC2CCN(c3cc4c(nn3)CCC4)CC2)n1. The van der Waals surface area contributed by atoms with Crippen molar-refractivity contribution in [1.29, 1.82) is 0 Å². The Labute approximate surface area is 141 Å². The molecule has 0 spiro atoms. The topological polar surface area (TPSA) is 63.9 Å². The second-order valence-corrected chi connectivity index (χ2v) is 6.95. The van der Waals surface area contributed by atoms with Gasteiger partial charge in [0.25, 0.3) is 5.56 Å². The van der Waals surface area contributed by atoms with Gasteiger partial charge in [-0.3, -0.25) is 4.79 Å². The molecule has 0 N–H and O–H groups in total. The molecular formula is C18H23N5O. The van der Waals surface area contributed by atoms with Crippen LogP contribution in [0.15, 0.2) is 23.0 Å². The van der Waals surface area contributed by atoms with Crippen molar-refractivity contribution in [3.05, 3.63) is 45.5 Å². The van der Waals surface area contributed by atoms with Gasteiger partial charge in [0, 0.05) is 25.7 Å². The molecule has 126 valence electrons. The lowest BCUT2D eigenvalue weighted by atomic mass is 9.97. The fourth-order valence-corrected chi connectivity index (χ4v) is 3.74. The molecule has 24 heavy (non-hydrogen) atoms. The predicted octanol–water partition coefficient (Wildman–Crippen LogP) is 1.75. The second-order valence-electron chi connectivity index (χ2n) is 6.95. The van der Waals surface area contributed by atoms with Gasteiger partial charge in [0.2, 0.25) is 0 Å². The van der Waals surface area contributed by atoms with E-state index in [1.807, 2.05) is 6.92 Å². The highest BCUT2D eigenvalue weighted by Crippen LogP contribution is 2.26. The van der Waals surface area contributed by atoms with Gasteiger partial charge in [-0.15, -0.1) is 5.10 Å². The largest absolute Gasteiger partial charge is 0.355 e. The molecule has 0 amide bonds. The summed E-state index contributed by atoms with van der Waals surface area (Å²) in [5.41, 5.74) is 3.43. The van der Waals surface area contributed by atoms with Crippen LogP contribution in [-0.4, -0.2) is 33.1 Å². The number of aromatic nitrogens is 4. The highest BCUT2D eigenvalue weighted by atomic mass is 16.1. The van der Waals surface area contributed by atoms with E-state index in [0.717, 1.165) is 50.3 Å². The molecule has 3 heterocycles. The van der Waals surface area contributed by atoms with Crippen molar-refractivity contribution < 1.29 is 0 Å². The van der Waals surface area contributed by atoms with E-state index in [-0.39, 0.29) is 5.56 Å². The Kier molecular flexibility index (Phi) is 4.04. The standard InChI is InChI=1S/C18H23N5O/c1-13-5-6-18(24)23(21-13)12-14-7-9-22(10-8-14)17-11-15-3-2-4-16(15)19-20-17/h5-6,11,14H,2-4,7-10,12H2,1H3. The number of hydrogen-bond donors (Lipinski definition) is 0. The molecule has 1 aliphatic heterocycles. The summed E-state index contributed by atoms with van der Waals surface area (Å²) in [6, 6.07) is 5.60. The van der Waals surface area contributed by atoms with Crippen LogP contribution in [0.5, 0.6) is 0 Å². The monoisotopic (exact) mass is 325 g/mol. The van der Waals surface area contributed by atoms with Crippen molar-refractivity contribution >= 4 is 5.82 Å². The minimum atomic E-state index is -0.00693. The Morgan fingerprint density at radius 3 is 2.83 bits per heavy atom. The normalized spacial score (nSPS) is 18.0. The van der Waals surface area contributed by atoms with Gasteiger partial charge in [-0.2, -0.15) is 10.2 Å². The van der Waals surface area contributed by atoms with Crippen molar-refractivity contribution in [3.63, 3.8) is 0 Å². The Morgan fingerprint density at radius 2 is 2.00 bits per heavy atom. The van der Waals surface area contributed by atoms with Gasteiger partial charge in [0.15, 0.2) is 5.82 Å². The van der Waals surface area contributed by atoms with Gasteiger partial charge in [0.1, 0.15) is 0 Å². The predicted molar refractivity (Wildman–Crippen MR) is 92.2 cm³/mol. The van der Waals surface area contributed by atoms with E-state index in [2.05, 4.69) is 26.3 Å². The van der Waals surface area contributed by atoms with Crippen molar-refractivity contribution in [3.8, 4) is 0 Å². The maximum Gasteiger partial charge on any atom is 0.266 e. The Morgan fingerprint density at radius 1 is 1.17 bits per heavy atom. The number of aryl methyl sites for hydroxylation is 3. The van der Waals surface area contributed by atoms with Crippen LogP contribution in [-0.2, 0) is 19.4 Å². The minimum Gasteiger partial charge on any atom is -0.355 e. The summed E-state index contributed by atoms with van der Waals surface area (Å²) in [5, 5.41) is 13.2. The number of piperidine rings is 1. The molecule has 2 aliphatic rings. The highest BCUT2D eigenvalue weighted by Gasteiger charge is 2.23. The summed E-state index contributed by atoms with van der Waals surface area (Å²) in [5.74, 6) is 1.51. The molecule has 6 heteroatoms. The van der Waals surface area contributed by atoms with E-state index >= 15 is 0 Å². The summed E-state index contributed by atoms with van der Waals surface area (Å²) in [4.78, 5) is 14.2. The zero-order valence-electron chi connectivity index (χ0n) is 14.1. The van der Waals surface area contributed by atoms with Crippen LogP contribution < -0.4 is 10.5 Å². The fourth-order valence-electron chi connectivity index (χ4n) is 3.74. The smallest absolute Gasteiger partial charge is 0.266 e. The van der Waals surface area contributed by atoms with Crippen molar-refractivity contribution in [2.75, 3.05) is 18.0 Å². The van der Waals surface area contributed by atoms with E-state index in [1.54, 1.807) is 16.8 Å². The molecule has 0 atom stereocenters. The number of fused-ring (bicyclic) bond motifs is 1. The summed E-state index contributed by atoms with van der Waals surface area (Å²) in [6.45, 7) is 4.58. The van der Waals surface area contributed by atoms with Crippen molar-refractivity contribution in [2.24, 2.45) is 5.92 Å². The first-order valence-electron chi connectivity index (χ1n) is 8.84. The second kappa shape index (κ2) is 6.34. The summed E-state index contributed by atoms with van der Waals surface area (Å²) >= 11 is 0. The minimum absolute atomic E-state index is 0.00693. The maximum absolute atomic E-state index is 11.9. The lowest BCUT2D eigenvalue weighted by molar-refractivity contribution is 0.333. The van der Waals surface area contributed by atoms with Crippen LogP contribution in [0.1, 0.15) is 36.2 Å². The lowest BCUT2D eigenvalue weighted by Gasteiger charge is -2.32. The van der Waals surface area contributed by atoms with E-state index in [1.165, 1.54) is 17.7 Å². The first-order valence-corrected chi connectivity index (χ1v) is 8.84. The van der Waals surface area contributed by atoms with Gasteiger partial charge in [-0.1, -0.05) is 0 Å². The van der Waals surface area contributed by atoms with Gasteiger partial charge >= 0.3 is 0 Å². The number of anilines is 1.